The number of hydrogen-bond acceptors (Lipinski definition) is 7. The number of nitrogens with one attached hydrogen (secondary N) is 2. The summed E-state index contributed by atoms with van der Waals surface area (Å²) < 4.78 is 29.3. The number of carbonyl (C=O) groups is 1. The Bertz CT molecular complexity index is 1550. The second-order valence-electron chi connectivity index (χ2n) is 9.11. The SMILES string of the molecule is Cc1cccc2sc(N3CCN(CCNC(=O)c4ccccc4NS(=O)(=O)c4ccc(Cl)cc4)CC3)nc12. The normalized spacial score (nSPS) is 14.5. The van der Waals surface area contributed by atoms with E-state index in [-0.39, 0.29) is 22.1 Å². The van der Waals surface area contributed by atoms with E-state index in [1.54, 1.807) is 35.6 Å². The van der Waals surface area contributed by atoms with Gasteiger partial charge in [0.05, 0.1) is 26.4 Å². The summed E-state index contributed by atoms with van der Waals surface area (Å²) in [5.41, 5.74) is 2.76. The van der Waals surface area contributed by atoms with Crippen LogP contribution in [0.15, 0.2) is 71.6 Å². The molecule has 8 nitrogen and oxygen atoms in total. The Morgan fingerprint density at radius 1 is 1.00 bits per heavy atom. The van der Waals surface area contributed by atoms with Gasteiger partial charge >= 0.3 is 0 Å². The largest absolute Gasteiger partial charge is 0.351 e. The molecule has 38 heavy (non-hydrogen) atoms. The van der Waals surface area contributed by atoms with Gasteiger partial charge in [0.15, 0.2) is 5.13 Å². The predicted octanol–water partition coefficient (Wildman–Crippen LogP) is 4.61. The van der Waals surface area contributed by atoms with Crippen molar-refractivity contribution in [2.75, 3.05) is 48.9 Å². The number of rotatable bonds is 8. The number of amides is 1. The lowest BCUT2D eigenvalue weighted by Gasteiger charge is -2.34. The highest BCUT2D eigenvalue weighted by Crippen LogP contribution is 2.31. The summed E-state index contributed by atoms with van der Waals surface area (Å²) in [7, 11) is -3.87. The summed E-state index contributed by atoms with van der Waals surface area (Å²) in [5.74, 6) is -0.331. The molecule has 1 aromatic heterocycles. The first kappa shape index (κ1) is 26.4. The number of fused-ring (bicyclic) bond motifs is 1. The van der Waals surface area contributed by atoms with E-state index in [2.05, 4.69) is 45.0 Å². The topological polar surface area (TPSA) is 94.6 Å². The Morgan fingerprint density at radius 3 is 2.47 bits per heavy atom. The van der Waals surface area contributed by atoms with Crippen molar-refractivity contribution < 1.29 is 13.2 Å². The van der Waals surface area contributed by atoms with E-state index >= 15 is 0 Å². The molecule has 5 rings (SSSR count). The summed E-state index contributed by atoms with van der Waals surface area (Å²) in [5, 5.41) is 4.43. The number of sulfonamides is 1. The summed E-state index contributed by atoms with van der Waals surface area (Å²) >= 11 is 7.60. The molecule has 2 N–H and O–H groups in total. The zero-order valence-electron chi connectivity index (χ0n) is 20.9. The first-order valence-corrected chi connectivity index (χ1v) is 15.0. The molecule has 2 heterocycles. The zero-order chi connectivity index (χ0) is 26.7. The van der Waals surface area contributed by atoms with Crippen LogP contribution in [0.25, 0.3) is 10.2 Å². The second-order valence-corrected chi connectivity index (χ2v) is 12.2. The Balaban J connectivity index is 1.14. The molecule has 11 heteroatoms. The summed E-state index contributed by atoms with van der Waals surface area (Å²) in [6, 6.07) is 18.7. The molecular weight excluding hydrogens is 542 g/mol. The third-order valence-electron chi connectivity index (χ3n) is 6.51. The minimum Gasteiger partial charge on any atom is -0.351 e. The van der Waals surface area contributed by atoms with Crippen LogP contribution in [-0.2, 0) is 10.0 Å². The van der Waals surface area contributed by atoms with Crippen molar-refractivity contribution >= 4 is 59.9 Å². The highest BCUT2D eigenvalue weighted by molar-refractivity contribution is 7.92. The third-order valence-corrected chi connectivity index (χ3v) is 9.22. The lowest BCUT2D eigenvalue weighted by atomic mass is 10.1. The smallest absolute Gasteiger partial charge is 0.261 e. The maximum atomic E-state index is 12.9. The van der Waals surface area contributed by atoms with E-state index in [1.807, 2.05) is 0 Å². The fourth-order valence-electron chi connectivity index (χ4n) is 4.38. The third kappa shape index (κ3) is 5.94. The number of aryl methyl sites for hydroxylation is 1. The number of thiazole rings is 1. The minimum atomic E-state index is -3.87. The van der Waals surface area contributed by atoms with Crippen molar-refractivity contribution in [1.29, 1.82) is 0 Å². The Hall–Kier alpha value is -3.18. The number of hydrogen-bond donors (Lipinski definition) is 2. The van der Waals surface area contributed by atoms with Crippen molar-refractivity contribution in [3.63, 3.8) is 0 Å². The van der Waals surface area contributed by atoms with E-state index in [1.165, 1.54) is 34.5 Å². The molecule has 0 unspecified atom stereocenters. The number of anilines is 2. The van der Waals surface area contributed by atoms with Gasteiger partial charge in [-0.25, -0.2) is 13.4 Å². The van der Waals surface area contributed by atoms with Crippen LogP contribution < -0.4 is 14.9 Å². The van der Waals surface area contributed by atoms with E-state index < -0.39 is 10.0 Å². The molecule has 1 amide bonds. The standard InChI is InChI=1S/C27H28ClN5O3S2/c1-19-5-4-8-24-25(19)30-27(37-24)33-17-15-32(16-18-33)14-13-29-26(34)22-6-2-3-7-23(22)31-38(35,36)21-11-9-20(28)10-12-21/h2-12,31H,13-18H2,1H3,(H,29,34). The molecule has 0 aliphatic carbocycles. The van der Waals surface area contributed by atoms with Crippen molar-refractivity contribution in [2.45, 2.75) is 11.8 Å². The molecule has 0 saturated carbocycles. The van der Waals surface area contributed by atoms with Gasteiger partial charge in [0, 0.05) is 44.3 Å². The number of para-hydroxylation sites is 2. The Kier molecular flexibility index (Phi) is 7.85. The number of halogens is 1. The van der Waals surface area contributed by atoms with Gasteiger partial charge in [-0.15, -0.1) is 0 Å². The van der Waals surface area contributed by atoms with Crippen LogP contribution in [0.1, 0.15) is 15.9 Å². The second kappa shape index (κ2) is 11.3. The molecule has 4 aromatic rings. The van der Waals surface area contributed by atoms with Gasteiger partial charge in [-0.05, 0) is 55.0 Å². The molecule has 1 aliphatic heterocycles. The number of nitrogens with zero attached hydrogens (tertiary/aromatic N) is 3. The molecule has 1 fully saturated rings. The molecule has 0 bridgehead atoms. The van der Waals surface area contributed by atoms with Gasteiger partial charge < -0.3 is 10.2 Å². The number of aromatic nitrogens is 1. The Morgan fingerprint density at radius 2 is 1.74 bits per heavy atom. The molecular formula is C27H28ClN5O3S2. The van der Waals surface area contributed by atoms with Gasteiger partial charge in [-0.3, -0.25) is 14.4 Å². The van der Waals surface area contributed by atoms with Gasteiger partial charge in [-0.2, -0.15) is 0 Å². The molecule has 0 spiro atoms. The first-order valence-electron chi connectivity index (χ1n) is 12.3. The summed E-state index contributed by atoms with van der Waals surface area (Å²) in [4.78, 5) is 22.5. The van der Waals surface area contributed by atoms with E-state index in [9.17, 15) is 13.2 Å². The lowest BCUT2D eigenvalue weighted by Crippen LogP contribution is -2.48. The quantitative estimate of drug-likeness (QED) is 0.322. The average molecular weight is 570 g/mol. The van der Waals surface area contributed by atoms with Crippen molar-refractivity contribution in [3.05, 3.63) is 82.9 Å². The molecule has 1 saturated heterocycles. The van der Waals surface area contributed by atoms with Crippen molar-refractivity contribution in [2.24, 2.45) is 0 Å². The molecule has 198 valence electrons. The van der Waals surface area contributed by atoms with Crippen LogP contribution in [0.2, 0.25) is 5.02 Å². The van der Waals surface area contributed by atoms with Crippen LogP contribution in [-0.4, -0.2) is 63.5 Å². The van der Waals surface area contributed by atoms with E-state index in [0.717, 1.165) is 36.8 Å². The van der Waals surface area contributed by atoms with Gasteiger partial charge in [0.2, 0.25) is 0 Å². The zero-order valence-corrected chi connectivity index (χ0v) is 23.2. The first-order chi connectivity index (χ1) is 18.3. The highest BCUT2D eigenvalue weighted by Gasteiger charge is 2.21. The molecule has 3 aromatic carbocycles. The maximum absolute atomic E-state index is 12.9. The number of piperazine rings is 1. The van der Waals surface area contributed by atoms with Gasteiger partial charge in [0.1, 0.15) is 0 Å². The summed E-state index contributed by atoms with van der Waals surface area (Å²) in [6.07, 6.45) is 0. The van der Waals surface area contributed by atoms with Crippen LogP contribution in [0.5, 0.6) is 0 Å². The van der Waals surface area contributed by atoms with E-state index in [4.69, 9.17) is 16.6 Å². The van der Waals surface area contributed by atoms with Crippen LogP contribution in [0, 0.1) is 6.92 Å². The highest BCUT2D eigenvalue weighted by atomic mass is 35.5. The fourth-order valence-corrected chi connectivity index (χ4v) is 6.68. The number of carbonyl (C=O) groups excluding carboxylic acids is 1. The predicted molar refractivity (Wildman–Crippen MR) is 154 cm³/mol. The maximum Gasteiger partial charge on any atom is 0.261 e. The van der Waals surface area contributed by atoms with Crippen LogP contribution in [0.3, 0.4) is 0 Å². The monoisotopic (exact) mass is 569 g/mol. The van der Waals surface area contributed by atoms with Gasteiger partial charge in [0.25, 0.3) is 15.9 Å². The van der Waals surface area contributed by atoms with Gasteiger partial charge in [-0.1, -0.05) is 47.2 Å². The van der Waals surface area contributed by atoms with Crippen LogP contribution >= 0.6 is 22.9 Å². The average Bonchev–Trinajstić information content (AvgIpc) is 3.35. The summed E-state index contributed by atoms with van der Waals surface area (Å²) in [6.45, 7) is 6.76. The fraction of sp³-hybridized carbons (Fsp3) is 0.259. The van der Waals surface area contributed by atoms with Crippen molar-refractivity contribution in [1.82, 2.24) is 15.2 Å². The van der Waals surface area contributed by atoms with E-state index in [0.29, 0.717) is 18.1 Å². The minimum absolute atomic E-state index is 0.0669. The molecule has 0 atom stereocenters. The van der Waals surface area contributed by atoms with Crippen LogP contribution in [0.4, 0.5) is 10.8 Å². The molecule has 1 aliphatic rings. The number of benzene rings is 3. The van der Waals surface area contributed by atoms with Crippen molar-refractivity contribution in [3.8, 4) is 0 Å². The molecule has 0 radical (unpaired) electrons. The lowest BCUT2D eigenvalue weighted by molar-refractivity contribution is 0.0948. The Labute approximate surface area is 231 Å².